The van der Waals surface area contributed by atoms with Gasteiger partial charge in [-0.3, -0.25) is 4.40 Å². The van der Waals surface area contributed by atoms with Crippen molar-refractivity contribution in [3.05, 3.63) is 75.5 Å². The standard InChI is InChI=1S/C21H16Cl2N4/c1-12-3-5-14(6-4-12)19-11-27-20(16-8-7-15(22)9-18(16)23)17(10-24)13(2)25-21(27)26-19/h3-11,24H,1-2H3. The summed E-state index contributed by atoms with van der Waals surface area (Å²) in [6.45, 7) is 3.92. The maximum absolute atomic E-state index is 7.89. The largest absolute Gasteiger partial charge is 0.308 e. The van der Waals surface area contributed by atoms with Gasteiger partial charge in [-0.05, 0) is 32.0 Å². The molecule has 0 bridgehead atoms. The molecule has 134 valence electrons. The minimum absolute atomic E-state index is 0.517. The highest BCUT2D eigenvalue weighted by Crippen LogP contribution is 2.34. The molecule has 0 saturated carbocycles. The molecule has 0 fully saturated rings. The van der Waals surface area contributed by atoms with Crippen molar-refractivity contribution in [3.63, 3.8) is 0 Å². The molecule has 0 spiro atoms. The number of nitrogens with one attached hydrogen (secondary N) is 1. The summed E-state index contributed by atoms with van der Waals surface area (Å²) in [5.74, 6) is 0.565. The highest BCUT2D eigenvalue weighted by atomic mass is 35.5. The second-order valence-electron chi connectivity index (χ2n) is 6.39. The van der Waals surface area contributed by atoms with Crippen LogP contribution >= 0.6 is 23.2 Å². The molecule has 4 aromatic rings. The predicted molar refractivity (Wildman–Crippen MR) is 111 cm³/mol. The summed E-state index contributed by atoms with van der Waals surface area (Å²) in [6.07, 6.45) is 3.23. The molecule has 2 aromatic heterocycles. The van der Waals surface area contributed by atoms with Gasteiger partial charge < -0.3 is 5.41 Å². The van der Waals surface area contributed by atoms with Crippen molar-refractivity contribution in [1.82, 2.24) is 14.4 Å². The third kappa shape index (κ3) is 3.11. The first-order valence-electron chi connectivity index (χ1n) is 8.40. The van der Waals surface area contributed by atoms with Crippen LogP contribution in [0.4, 0.5) is 0 Å². The number of imidazole rings is 1. The van der Waals surface area contributed by atoms with E-state index in [-0.39, 0.29) is 0 Å². The van der Waals surface area contributed by atoms with Crippen molar-refractivity contribution in [3.8, 4) is 22.5 Å². The predicted octanol–water partition coefficient (Wildman–Crippen LogP) is 5.98. The summed E-state index contributed by atoms with van der Waals surface area (Å²) in [5, 5.41) is 8.97. The Balaban J connectivity index is 2.03. The average Bonchev–Trinajstić information content (AvgIpc) is 3.05. The van der Waals surface area contributed by atoms with Crippen LogP contribution in [0.15, 0.2) is 48.7 Å². The molecule has 1 N–H and O–H groups in total. The number of hydrogen-bond acceptors (Lipinski definition) is 3. The van der Waals surface area contributed by atoms with E-state index in [1.807, 2.05) is 35.7 Å². The van der Waals surface area contributed by atoms with Gasteiger partial charge in [0, 0.05) is 34.1 Å². The van der Waals surface area contributed by atoms with Crippen LogP contribution in [0.25, 0.3) is 28.3 Å². The first-order chi connectivity index (χ1) is 13.0. The smallest absolute Gasteiger partial charge is 0.235 e. The molecule has 27 heavy (non-hydrogen) atoms. The average molecular weight is 395 g/mol. The summed E-state index contributed by atoms with van der Waals surface area (Å²) in [5.41, 5.74) is 5.99. The van der Waals surface area contributed by atoms with Gasteiger partial charge in [0.15, 0.2) is 0 Å². The van der Waals surface area contributed by atoms with Gasteiger partial charge in [0.05, 0.1) is 22.1 Å². The molecule has 0 aliphatic heterocycles. The molecule has 4 nitrogen and oxygen atoms in total. The third-order valence-corrected chi connectivity index (χ3v) is 5.07. The quantitative estimate of drug-likeness (QED) is 0.434. The molecule has 0 aliphatic carbocycles. The van der Waals surface area contributed by atoms with Gasteiger partial charge in [-0.1, -0.05) is 53.0 Å². The van der Waals surface area contributed by atoms with Crippen molar-refractivity contribution < 1.29 is 0 Å². The van der Waals surface area contributed by atoms with E-state index in [4.69, 9.17) is 28.6 Å². The van der Waals surface area contributed by atoms with E-state index in [9.17, 15) is 0 Å². The Morgan fingerprint density at radius 2 is 1.74 bits per heavy atom. The van der Waals surface area contributed by atoms with Crippen LogP contribution < -0.4 is 0 Å². The summed E-state index contributed by atoms with van der Waals surface area (Å²) in [7, 11) is 0. The number of aromatic nitrogens is 3. The Morgan fingerprint density at radius 3 is 2.41 bits per heavy atom. The van der Waals surface area contributed by atoms with Crippen LogP contribution in [0, 0.1) is 19.3 Å². The van der Waals surface area contributed by atoms with E-state index in [1.165, 1.54) is 11.8 Å². The van der Waals surface area contributed by atoms with E-state index in [1.54, 1.807) is 12.1 Å². The second kappa shape index (κ2) is 6.80. The third-order valence-electron chi connectivity index (χ3n) is 4.52. The lowest BCUT2D eigenvalue weighted by molar-refractivity contribution is 1.07. The molecule has 2 aromatic carbocycles. The van der Waals surface area contributed by atoms with Gasteiger partial charge in [0.2, 0.25) is 5.78 Å². The zero-order valence-corrected chi connectivity index (χ0v) is 16.3. The van der Waals surface area contributed by atoms with Crippen LogP contribution in [0.3, 0.4) is 0 Å². The molecule has 2 heterocycles. The first kappa shape index (κ1) is 17.7. The number of rotatable bonds is 3. The first-order valence-corrected chi connectivity index (χ1v) is 9.16. The van der Waals surface area contributed by atoms with Crippen LogP contribution in [0.2, 0.25) is 10.0 Å². The molecule has 0 amide bonds. The zero-order valence-electron chi connectivity index (χ0n) is 14.8. The molecule has 6 heteroatoms. The number of halogens is 2. The molecule has 0 aliphatic rings. The lowest BCUT2D eigenvalue weighted by Crippen LogP contribution is -2.04. The fraction of sp³-hybridized carbons (Fsp3) is 0.0952. The van der Waals surface area contributed by atoms with Gasteiger partial charge in [0.25, 0.3) is 0 Å². The maximum Gasteiger partial charge on any atom is 0.235 e. The van der Waals surface area contributed by atoms with E-state index in [0.717, 1.165) is 28.2 Å². The van der Waals surface area contributed by atoms with Gasteiger partial charge in [-0.15, -0.1) is 0 Å². The SMILES string of the molecule is Cc1ccc(-c2cn3c(-c4ccc(Cl)cc4Cl)c(C=N)c(C)nc3n2)cc1. The molecule has 0 atom stereocenters. The topological polar surface area (TPSA) is 54.0 Å². The minimum Gasteiger partial charge on any atom is -0.308 e. The maximum atomic E-state index is 7.89. The highest BCUT2D eigenvalue weighted by Gasteiger charge is 2.18. The number of nitrogens with zero attached hydrogens (tertiary/aromatic N) is 3. The highest BCUT2D eigenvalue weighted by molar-refractivity contribution is 6.36. The normalized spacial score (nSPS) is 11.1. The monoisotopic (exact) mass is 394 g/mol. The molecule has 0 unspecified atom stereocenters. The number of hydrogen-bond donors (Lipinski definition) is 1. The van der Waals surface area contributed by atoms with Crippen LogP contribution in [-0.2, 0) is 0 Å². The van der Waals surface area contributed by atoms with Crippen LogP contribution in [0.5, 0.6) is 0 Å². The van der Waals surface area contributed by atoms with E-state index >= 15 is 0 Å². The van der Waals surface area contributed by atoms with Crippen molar-refractivity contribution in [2.45, 2.75) is 13.8 Å². The van der Waals surface area contributed by atoms with Gasteiger partial charge in [0.1, 0.15) is 0 Å². The Morgan fingerprint density at radius 1 is 1.00 bits per heavy atom. The Kier molecular flexibility index (Phi) is 4.46. The molecular formula is C21H16Cl2N4. The minimum atomic E-state index is 0.517. The Bertz CT molecular complexity index is 1180. The second-order valence-corrected chi connectivity index (χ2v) is 7.23. The van der Waals surface area contributed by atoms with Gasteiger partial charge >= 0.3 is 0 Å². The number of benzene rings is 2. The van der Waals surface area contributed by atoms with E-state index in [0.29, 0.717) is 21.4 Å². The van der Waals surface area contributed by atoms with Crippen LogP contribution in [0.1, 0.15) is 16.8 Å². The van der Waals surface area contributed by atoms with Crippen molar-refractivity contribution in [2.24, 2.45) is 0 Å². The zero-order chi connectivity index (χ0) is 19.1. The molecule has 0 radical (unpaired) electrons. The van der Waals surface area contributed by atoms with E-state index < -0.39 is 0 Å². The van der Waals surface area contributed by atoms with Crippen molar-refractivity contribution in [1.29, 1.82) is 5.41 Å². The molecule has 4 rings (SSSR count). The van der Waals surface area contributed by atoms with E-state index in [2.05, 4.69) is 29.0 Å². The summed E-state index contributed by atoms with van der Waals surface area (Å²) < 4.78 is 1.89. The molecular weight excluding hydrogens is 379 g/mol. The van der Waals surface area contributed by atoms with Crippen LogP contribution in [-0.4, -0.2) is 20.6 Å². The van der Waals surface area contributed by atoms with Crippen molar-refractivity contribution in [2.75, 3.05) is 0 Å². The fourth-order valence-corrected chi connectivity index (χ4v) is 3.62. The fourth-order valence-electron chi connectivity index (χ4n) is 3.12. The number of fused-ring (bicyclic) bond motifs is 1. The number of aryl methyl sites for hydroxylation is 2. The summed E-state index contributed by atoms with van der Waals surface area (Å²) >= 11 is 12.5. The van der Waals surface area contributed by atoms with Crippen molar-refractivity contribution >= 4 is 35.2 Å². The molecule has 0 saturated heterocycles. The van der Waals surface area contributed by atoms with Gasteiger partial charge in [-0.2, -0.15) is 0 Å². The summed E-state index contributed by atoms with van der Waals surface area (Å²) in [6, 6.07) is 13.5. The Hall–Kier alpha value is -2.69. The van der Waals surface area contributed by atoms with Gasteiger partial charge in [-0.25, -0.2) is 9.97 Å². The lowest BCUT2D eigenvalue weighted by Gasteiger charge is -2.13. The lowest BCUT2D eigenvalue weighted by atomic mass is 10.0. The Labute approximate surface area is 166 Å². The summed E-state index contributed by atoms with van der Waals surface area (Å²) in [4.78, 5) is 9.26.